The third-order valence-corrected chi connectivity index (χ3v) is 5.64. The molecule has 1 saturated carbocycles. The Morgan fingerprint density at radius 1 is 1.12 bits per heavy atom. The van der Waals surface area contributed by atoms with E-state index < -0.39 is 10.0 Å². The van der Waals surface area contributed by atoms with Crippen LogP contribution in [-0.4, -0.2) is 26.9 Å². The molecular formula is C18H20N2O3S. The molecule has 0 heterocycles. The number of hydrogen-bond acceptors (Lipinski definition) is 3. The summed E-state index contributed by atoms with van der Waals surface area (Å²) < 4.78 is 27.2. The van der Waals surface area contributed by atoms with Gasteiger partial charge in [-0.05, 0) is 49.6 Å². The van der Waals surface area contributed by atoms with Gasteiger partial charge in [-0.25, -0.2) is 8.42 Å². The maximum atomic E-state index is 13.0. The molecule has 5 nitrogen and oxygen atoms in total. The van der Waals surface area contributed by atoms with E-state index in [9.17, 15) is 13.2 Å². The fourth-order valence-corrected chi connectivity index (χ4v) is 3.88. The highest BCUT2D eigenvalue weighted by molar-refractivity contribution is 7.92. The zero-order chi connectivity index (χ0) is 17.2. The molecule has 0 radical (unpaired) electrons. The zero-order valence-electron chi connectivity index (χ0n) is 13.5. The van der Waals surface area contributed by atoms with E-state index in [1.807, 2.05) is 13.0 Å². The smallest absolute Gasteiger partial charge is 0.264 e. The van der Waals surface area contributed by atoms with Crippen LogP contribution in [-0.2, 0) is 14.8 Å². The van der Waals surface area contributed by atoms with Crippen LogP contribution in [0.2, 0.25) is 0 Å². The van der Waals surface area contributed by atoms with Crippen molar-refractivity contribution in [1.29, 1.82) is 0 Å². The zero-order valence-corrected chi connectivity index (χ0v) is 14.3. The summed E-state index contributed by atoms with van der Waals surface area (Å²) in [5.41, 5.74) is 1.42. The molecule has 0 spiro atoms. The van der Waals surface area contributed by atoms with Crippen LogP contribution in [0.5, 0.6) is 0 Å². The second-order valence-electron chi connectivity index (χ2n) is 6.01. The van der Waals surface area contributed by atoms with Crippen LogP contribution in [0.4, 0.5) is 5.69 Å². The van der Waals surface area contributed by atoms with Crippen LogP contribution in [0.15, 0.2) is 59.5 Å². The molecule has 24 heavy (non-hydrogen) atoms. The first-order valence-corrected chi connectivity index (χ1v) is 9.34. The lowest BCUT2D eigenvalue weighted by Gasteiger charge is -2.24. The maximum absolute atomic E-state index is 13.0. The first kappa shape index (κ1) is 16.5. The second kappa shape index (κ2) is 6.65. The van der Waals surface area contributed by atoms with Crippen molar-refractivity contribution in [3.63, 3.8) is 0 Å². The molecule has 0 bridgehead atoms. The summed E-state index contributed by atoms with van der Waals surface area (Å²) in [5.74, 6) is -0.279. The highest BCUT2D eigenvalue weighted by Gasteiger charge is 2.29. The van der Waals surface area contributed by atoms with E-state index in [1.165, 1.54) is 16.4 Å². The second-order valence-corrected chi connectivity index (χ2v) is 7.87. The van der Waals surface area contributed by atoms with Gasteiger partial charge in [-0.1, -0.05) is 30.3 Å². The number of hydrogen-bond donors (Lipinski definition) is 1. The van der Waals surface area contributed by atoms with E-state index in [4.69, 9.17) is 0 Å². The van der Waals surface area contributed by atoms with Crippen LogP contribution >= 0.6 is 0 Å². The Kier molecular flexibility index (Phi) is 4.57. The van der Waals surface area contributed by atoms with Crippen LogP contribution in [0.3, 0.4) is 0 Å². The first-order chi connectivity index (χ1) is 11.5. The lowest BCUT2D eigenvalue weighted by molar-refractivity contribution is -0.119. The Bertz CT molecular complexity index is 830. The predicted molar refractivity (Wildman–Crippen MR) is 93.3 cm³/mol. The van der Waals surface area contributed by atoms with Crippen LogP contribution in [0.25, 0.3) is 0 Å². The van der Waals surface area contributed by atoms with Gasteiger partial charge in [0.25, 0.3) is 10.0 Å². The number of sulfonamides is 1. The molecule has 6 heteroatoms. The highest BCUT2D eigenvalue weighted by Crippen LogP contribution is 2.25. The Balaban J connectivity index is 1.96. The molecule has 126 valence electrons. The molecule has 2 aromatic carbocycles. The van der Waals surface area contributed by atoms with E-state index in [0.717, 1.165) is 18.4 Å². The Morgan fingerprint density at radius 3 is 2.46 bits per heavy atom. The van der Waals surface area contributed by atoms with Crippen molar-refractivity contribution < 1.29 is 13.2 Å². The van der Waals surface area contributed by atoms with E-state index in [2.05, 4.69) is 5.32 Å². The summed E-state index contributed by atoms with van der Waals surface area (Å²) in [6.07, 6.45) is 1.92. The summed E-state index contributed by atoms with van der Waals surface area (Å²) >= 11 is 0. The molecule has 1 aliphatic rings. The largest absolute Gasteiger partial charge is 0.352 e. The van der Waals surface area contributed by atoms with Gasteiger partial charge in [0, 0.05) is 6.04 Å². The SMILES string of the molecule is Cc1cccc(N(CC(=O)NC2CC2)S(=O)(=O)c2ccccc2)c1. The molecule has 3 rings (SSSR count). The number of amides is 1. The van der Waals surface area contributed by atoms with Gasteiger partial charge in [0.15, 0.2) is 0 Å². The van der Waals surface area contributed by atoms with Gasteiger partial charge >= 0.3 is 0 Å². The van der Waals surface area contributed by atoms with Crippen LogP contribution in [0, 0.1) is 6.92 Å². The van der Waals surface area contributed by atoms with Gasteiger partial charge in [0.1, 0.15) is 6.54 Å². The number of nitrogens with zero attached hydrogens (tertiary/aromatic N) is 1. The minimum Gasteiger partial charge on any atom is -0.352 e. The van der Waals surface area contributed by atoms with Gasteiger partial charge < -0.3 is 5.32 Å². The van der Waals surface area contributed by atoms with Gasteiger partial charge in [0.05, 0.1) is 10.6 Å². The van der Waals surface area contributed by atoms with E-state index in [-0.39, 0.29) is 23.4 Å². The average molecular weight is 344 g/mol. The minimum atomic E-state index is -3.81. The standard InChI is InChI=1S/C18H20N2O3S/c1-14-6-5-7-16(12-14)20(13-18(21)19-15-10-11-15)24(22,23)17-8-3-2-4-9-17/h2-9,12,15H,10-11,13H2,1H3,(H,19,21). The molecule has 0 aromatic heterocycles. The molecule has 2 aromatic rings. The van der Waals surface area contributed by atoms with E-state index in [0.29, 0.717) is 5.69 Å². The average Bonchev–Trinajstić information content (AvgIpc) is 3.37. The lowest BCUT2D eigenvalue weighted by atomic mass is 10.2. The van der Waals surface area contributed by atoms with E-state index >= 15 is 0 Å². The third kappa shape index (κ3) is 3.76. The molecule has 0 unspecified atom stereocenters. The van der Waals surface area contributed by atoms with E-state index in [1.54, 1.807) is 36.4 Å². The Morgan fingerprint density at radius 2 is 1.83 bits per heavy atom. The summed E-state index contributed by atoms with van der Waals surface area (Å²) in [5, 5.41) is 2.85. The third-order valence-electron chi connectivity index (χ3n) is 3.85. The van der Waals surface area contributed by atoms with Crippen molar-refractivity contribution in [2.24, 2.45) is 0 Å². The summed E-state index contributed by atoms with van der Waals surface area (Å²) in [6, 6.07) is 15.5. The maximum Gasteiger partial charge on any atom is 0.264 e. The quantitative estimate of drug-likeness (QED) is 0.875. The molecule has 0 saturated heterocycles. The van der Waals surface area contributed by atoms with Crippen molar-refractivity contribution >= 4 is 21.6 Å². The van der Waals surface area contributed by atoms with Crippen molar-refractivity contribution in [2.45, 2.75) is 30.7 Å². The molecule has 1 fully saturated rings. The first-order valence-electron chi connectivity index (χ1n) is 7.90. The summed E-state index contributed by atoms with van der Waals surface area (Å²) in [7, 11) is -3.81. The molecule has 1 amide bonds. The van der Waals surface area contributed by atoms with Gasteiger partial charge in [0.2, 0.25) is 5.91 Å². The van der Waals surface area contributed by atoms with Crippen molar-refractivity contribution in [1.82, 2.24) is 5.32 Å². The fraction of sp³-hybridized carbons (Fsp3) is 0.278. The summed E-state index contributed by atoms with van der Waals surface area (Å²) in [4.78, 5) is 12.4. The van der Waals surface area contributed by atoms with Crippen molar-refractivity contribution in [3.05, 3.63) is 60.2 Å². The highest BCUT2D eigenvalue weighted by atomic mass is 32.2. The number of anilines is 1. The van der Waals surface area contributed by atoms with Crippen LogP contribution < -0.4 is 9.62 Å². The molecule has 1 aliphatic carbocycles. The van der Waals surface area contributed by atoms with Crippen molar-refractivity contribution in [3.8, 4) is 0 Å². The number of nitrogens with one attached hydrogen (secondary N) is 1. The minimum absolute atomic E-state index is 0.172. The predicted octanol–water partition coefficient (Wildman–Crippen LogP) is 2.47. The topological polar surface area (TPSA) is 66.5 Å². The number of carbonyl (C=O) groups excluding carboxylic acids is 1. The fourth-order valence-electron chi connectivity index (χ4n) is 2.45. The molecule has 1 N–H and O–H groups in total. The Hall–Kier alpha value is -2.34. The molecular weight excluding hydrogens is 324 g/mol. The number of aryl methyl sites for hydroxylation is 1. The number of carbonyl (C=O) groups is 1. The molecule has 0 aliphatic heterocycles. The monoisotopic (exact) mass is 344 g/mol. The Labute approximate surface area is 142 Å². The van der Waals surface area contributed by atoms with Gasteiger partial charge in [-0.15, -0.1) is 0 Å². The molecule has 0 atom stereocenters. The van der Waals surface area contributed by atoms with Crippen molar-refractivity contribution in [2.75, 3.05) is 10.8 Å². The number of rotatable bonds is 6. The summed E-state index contributed by atoms with van der Waals surface area (Å²) in [6.45, 7) is 1.66. The van der Waals surface area contributed by atoms with Gasteiger partial charge in [-0.3, -0.25) is 9.10 Å². The normalized spacial score (nSPS) is 14.2. The lowest BCUT2D eigenvalue weighted by Crippen LogP contribution is -2.41. The number of benzene rings is 2. The van der Waals surface area contributed by atoms with Crippen LogP contribution in [0.1, 0.15) is 18.4 Å². The van der Waals surface area contributed by atoms with Gasteiger partial charge in [-0.2, -0.15) is 0 Å².